The van der Waals surface area contributed by atoms with E-state index in [9.17, 15) is 14.9 Å². The number of ketones is 1. The standard InChI is InChI=1S/C19H20N2O3/c1-4-15-7-5-14(13-18(15)21(23)24)6-12-19(22)16-8-10-17(11-9-16)20(2)3/h5-13H,4H2,1-3H3/b12-6+. The van der Waals surface area contributed by atoms with Gasteiger partial charge in [0.2, 0.25) is 0 Å². The fourth-order valence-corrected chi connectivity index (χ4v) is 2.35. The summed E-state index contributed by atoms with van der Waals surface area (Å²) in [6.07, 6.45) is 3.64. The Balaban J connectivity index is 2.19. The van der Waals surface area contributed by atoms with Crippen LogP contribution in [-0.4, -0.2) is 24.8 Å². The number of benzene rings is 2. The van der Waals surface area contributed by atoms with Crippen molar-refractivity contribution in [2.45, 2.75) is 13.3 Å². The molecule has 0 amide bonds. The minimum absolute atomic E-state index is 0.0856. The van der Waals surface area contributed by atoms with Crippen molar-refractivity contribution >= 4 is 23.2 Å². The number of allylic oxidation sites excluding steroid dienone is 1. The van der Waals surface area contributed by atoms with Gasteiger partial charge in [0.1, 0.15) is 0 Å². The van der Waals surface area contributed by atoms with Crippen molar-refractivity contribution in [1.29, 1.82) is 0 Å². The van der Waals surface area contributed by atoms with Gasteiger partial charge in [-0.15, -0.1) is 0 Å². The molecule has 24 heavy (non-hydrogen) atoms. The van der Waals surface area contributed by atoms with E-state index in [1.165, 1.54) is 12.1 Å². The maximum absolute atomic E-state index is 12.2. The van der Waals surface area contributed by atoms with Gasteiger partial charge < -0.3 is 4.90 Å². The summed E-state index contributed by atoms with van der Waals surface area (Å²) < 4.78 is 0. The Morgan fingerprint density at radius 3 is 2.38 bits per heavy atom. The number of nitrogens with zero attached hydrogens (tertiary/aromatic N) is 2. The molecule has 0 spiro atoms. The highest BCUT2D eigenvalue weighted by Crippen LogP contribution is 2.22. The van der Waals surface area contributed by atoms with E-state index in [1.54, 1.807) is 30.3 Å². The molecule has 2 aromatic carbocycles. The average Bonchev–Trinajstić information content (AvgIpc) is 2.59. The Morgan fingerprint density at radius 1 is 1.17 bits per heavy atom. The Kier molecular flexibility index (Phi) is 5.47. The molecule has 0 heterocycles. The number of nitro groups is 1. The first kappa shape index (κ1) is 17.4. The fraction of sp³-hybridized carbons (Fsp3) is 0.211. The van der Waals surface area contributed by atoms with Crippen LogP contribution in [-0.2, 0) is 6.42 Å². The Hall–Kier alpha value is -2.95. The summed E-state index contributed by atoms with van der Waals surface area (Å²) in [7, 11) is 3.87. The van der Waals surface area contributed by atoms with E-state index in [1.807, 2.05) is 38.1 Å². The van der Waals surface area contributed by atoms with Gasteiger partial charge in [-0.2, -0.15) is 0 Å². The minimum Gasteiger partial charge on any atom is -0.378 e. The normalized spacial score (nSPS) is 10.8. The van der Waals surface area contributed by atoms with Gasteiger partial charge in [-0.1, -0.05) is 25.1 Å². The zero-order valence-electron chi connectivity index (χ0n) is 14.0. The zero-order valence-corrected chi connectivity index (χ0v) is 14.0. The number of hydrogen-bond acceptors (Lipinski definition) is 4. The largest absolute Gasteiger partial charge is 0.378 e. The molecule has 0 fully saturated rings. The van der Waals surface area contributed by atoms with Crippen LogP contribution in [0.5, 0.6) is 0 Å². The van der Waals surface area contributed by atoms with Gasteiger partial charge in [0.15, 0.2) is 5.78 Å². The highest BCUT2D eigenvalue weighted by molar-refractivity contribution is 6.07. The third-order valence-corrected chi connectivity index (χ3v) is 3.78. The lowest BCUT2D eigenvalue weighted by Crippen LogP contribution is -2.08. The lowest BCUT2D eigenvalue weighted by atomic mass is 10.1. The molecule has 0 bridgehead atoms. The van der Waals surface area contributed by atoms with Crippen LogP contribution in [0.25, 0.3) is 6.08 Å². The first-order chi connectivity index (χ1) is 11.4. The van der Waals surface area contributed by atoms with E-state index in [4.69, 9.17) is 0 Å². The number of hydrogen-bond donors (Lipinski definition) is 0. The maximum Gasteiger partial charge on any atom is 0.273 e. The molecule has 2 aromatic rings. The lowest BCUT2D eigenvalue weighted by Gasteiger charge is -2.11. The number of carbonyl (C=O) groups excluding carboxylic acids is 1. The average molecular weight is 324 g/mol. The summed E-state index contributed by atoms with van der Waals surface area (Å²) in [6, 6.07) is 12.3. The molecule has 0 saturated carbocycles. The number of anilines is 1. The van der Waals surface area contributed by atoms with Crippen LogP contribution in [0, 0.1) is 10.1 Å². The smallest absolute Gasteiger partial charge is 0.273 e. The molecule has 0 aromatic heterocycles. The number of aryl methyl sites for hydroxylation is 1. The fourth-order valence-electron chi connectivity index (χ4n) is 2.35. The summed E-state index contributed by atoms with van der Waals surface area (Å²) in [6.45, 7) is 1.87. The second kappa shape index (κ2) is 7.55. The second-order valence-electron chi connectivity index (χ2n) is 5.64. The molecule has 5 heteroatoms. The van der Waals surface area contributed by atoms with Crippen LogP contribution in [0.1, 0.15) is 28.4 Å². The molecule has 5 nitrogen and oxygen atoms in total. The molecule has 2 rings (SSSR count). The molecule has 0 aliphatic heterocycles. The summed E-state index contributed by atoms with van der Waals surface area (Å²) in [5.41, 5.74) is 3.00. The van der Waals surface area contributed by atoms with Gasteiger partial charge in [-0.05, 0) is 42.3 Å². The molecule has 0 N–H and O–H groups in total. The van der Waals surface area contributed by atoms with E-state index < -0.39 is 4.92 Å². The molecular weight excluding hydrogens is 304 g/mol. The van der Waals surface area contributed by atoms with E-state index in [0.29, 0.717) is 23.1 Å². The summed E-state index contributed by atoms with van der Waals surface area (Å²) in [5, 5.41) is 11.1. The Labute approximate surface area is 141 Å². The summed E-state index contributed by atoms with van der Waals surface area (Å²) in [4.78, 5) is 24.9. The van der Waals surface area contributed by atoms with Gasteiger partial charge in [0.25, 0.3) is 5.69 Å². The lowest BCUT2D eigenvalue weighted by molar-refractivity contribution is -0.385. The van der Waals surface area contributed by atoms with Crippen molar-refractivity contribution in [3.05, 3.63) is 75.3 Å². The molecule has 0 radical (unpaired) electrons. The van der Waals surface area contributed by atoms with Crippen LogP contribution in [0.3, 0.4) is 0 Å². The number of carbonyl (C=O) groups is 1. The van der Waals surface area contributed by atoms with Gasteiger partial charge in [0, 0.05) is 37.0 Å². The third kappa shape index (κ3) is 4.07. The quantitative estimate of drug-likeness (QED) is 0.347. The van der Waals surface area contributed by atoms with Crippen molar-refractivity contribution in [1.82, 2.24) is 0 Å². The number of nitro benzene ring substituents is 1. The third-order valence-electron chi connectivity index (χ3n) is 3.78. The predicted octanol–water partition coefficient (Wildman–Crippen LogP) is 4.12. The van der Waals surface area contributed by atoms with Gasteiger partial charge in [-0.3, -0.25) is 14.9 Å². The Bertz CT molecular complexity index is 778. The van der Waals surface area contributed by atoms with Crippen LogP contribution in [0.15, 0.2) is 48.5 Å². The molecule has 0 atom stereocenters. The SMILES string of the molecule is CCc1ccc(/C=C/C(=O)c2ccc(N(C)C)cc2)cc1[N+](=O)[O-]. The van der Waals surface area contributed by atoms with E-state index in [2.05, 4.69) is 0 Å². The topological polar surface area (TPSA) is 63.5 Å². The number of rotatable bonds is 6. The zero-order chi connectivity index (χ0) is 17.7. The Morgan fingerprint density at radius 2 is 1.83 bits per heavy atom. The summed E-state index contributed by atoms with van der Waals surface area (Å²) >= 11 is 0. The van der Waals surface area contributed by atoms with Gasteiger partial charge >= 0.3 is 0 Å². The van der Waals surface area contributed by atoms with Crippen LogP contribution in [0.2, 0.25) is 0 Å². The molecule has 0 saturated heterocycles. The summed E-state index contributed by atoms with van der Waals surface area (Å²) in [5.74, 6) is -0.137. The van der Waals surface area contributed by atoms with Crippen molar-refractivity contribution < 1.29 is 9.72 Å². The van der Waals surface area contributed by atoms with Crippen molar-refractivity contribution in [2.24, 2.45) is 0 Å². The maximum atomic E-state index is 12.2. The van der Waals surface area contributed by atoms with Crippen LogP contribution in [0.4, 0.5) is 11.4 Å². The monoisotopic (exact) mass is 324 g/mol. The first-order valence-corrected chi connectivity index (χ1v) is 7.69. The highest BCUT2D eigenvalue weighted by Gasteiger charge is 2.12. The first-order valence-electron chi connectivity index (χ1n) is 7.69. The predicted molar refractivity (Wildman–Crippen MR) is 96.6 cm³/mol. The molecule has 0 aliphatic carbocycles. The van der Waals surface area contributed by atoms with Crippen molar-refractivity contribution in [3.8, 4) is 0 Å². The van der Waals surface area contributed by atoms with Gasteiger partial charge in [0.05, 0.1) is 4.92 Å². The van der Waals surface area contributed by atoms with Gasteiger partial charge in [-0.25, -0.2) is 0 Å². The highest BCUT2D eigenvalue weighted by atomic mass is 16.6. The molecule has 124 valence electrons. The van der Waals surface area contributed by atoms with E-state index in [-0.39, 0.29) is 11.5 Å². The van der Waals surface area contributed by atoms with Crippen molar-refractivity contribution in [2.75, 3.05) is 19.0 Å². The van der Waals surface area contributed by atoms with E-state index >= 15 is 0 Å². The molecular formula is C19H20N2O3. The molecule has 0 aliphatic rings. The second-order valence-corrected chi connectivity index (χ2v) is 5.64. The van der Waals surface area contributed by atoms with Crippen LogP contribution >= 0.6 is 0 Å². The molecule has 0 unspecified atom stereocenters. The van der Waals surface area contributed by atoms with E-state index in [0.717, 1.165) is 5.69 Å². The van der Waals surface area contributed by atoms with Crippen molar-refractivity contribution in [3.63, 3.8) is 0 Å². The van der Waals surface area contributed by atoms with Crippen LogP contribution < -0.4 is 4.90 Å². The minimum atomic E-state index is -0.391.